The number of benzene rings is 2. The number of carbonyl (C=O) groups excluding carboxylic acids is 3. The number of aryl methyl sites for hydroxylation is 1. The van der Waals surface area contributed by atoms with Crippen LogP contribution >= 0.6 is 0 Å². The van der Waals surface area contributed by atoms with Gasteiger partial charge in [0.05, 0.1) is 0 Å². The molecular weight excluding hydrogens is 380 g/mol. The van der Waals surface area contributed by atoms with Crippen LogP contribution < -0.4 is 10.6 Å². The summed E-state index contributed by atoms with van der Waals surface area (Å²) in [4.78, 5) is 41.4. The topological polar surface area (TPSA) is 94.3 Å². The fourth-order valence-corrected chi connectivity index (χ4v) is 3.81. The summed E-state index contributed by atoms with van der Waals surface area (Å²) in [7, 11) is 0. The van der Waals surface area contributed by atoms with Crippen LogP contribution in [-0.2, 0) is 22.4 Å². The average Bonchev–Trinajstić information content (AvgIpc) is 3.26. The predicted octanol–water partition coefficient (Wildman–Crippen LogP) is 2.30. The Hall–Kier alpha value is -3.61. The third-order valence-electron chi connectivity index (χ3n) is 5.49. The lowest BCUT2D eigenvalue weighted by molar-refractivity contribution is -0.132. The Balaban J connectivity index is 1.32. The number of carbonyl (C=O) groups is 3. The highest BCUT2D eigenvalue weighted by molar-refractivity contribution is 6.06. The Kier molecular flexibility index (Phi) is 5.52. The summed E-state index contributed by atoms with van der Waals surface area (Å²) in [5.41, 5.74) is 4.26. The molecule has 1 aliphatic heterocycles. The van der Waals surface area contributed by atoms with Gasteiger partial charge in [0.25, 0.3) is 5.91 Å². The zero-order valence-electron chi connectivity index (χ0n) is 16.8. The van der Waals surface area contributed by atoms with E-state index in [2.05, 4.69) is 15.6 Å². The number of hydrogen-bond acceptors (Lipinski definition) is 3. The van der Waals surface area contributed by atoms with Crippen molar-refractivity contribution in [2.75, 3.05) is 13.1 Å². The molecule has 1 unspecified atom stereocenters. The number of H-pyrrole nitrogens is 1. The van der Waals surface area contributed by atoms with E-state index in [-0.39, 0.29) is 18.4 Å². The van der Waals surface area contributed by atoms with E-state index in [1.54, 1.807) is 0 Å². The SMILES string of the molecule is Cc1ccccc1CCNC(=O)CN1C(=O)NC(Cc2c[nH]c3ccccc23)C1=O. The summed E-state index contributed by atoms with van der Waals surface area (Å²) >= 11 is 0. The zero-order chi connectivity index (χ0) is 21.1. The maximum atomic E-state index is 12.7. The fraction of sp³-hybridized carbons (Fsp3) is 0.261. The summed E-state index contributed by atoms with van der Waals surface area (Å²) in [6, 6.07) is 14.6. The van der Waals surface area contributed by atoms with Crippen LogP contribution in [-0.4, -0.2) is 46.9 Å². The molecule has 0 aliphatic carbocycles. The van der Waals surface area contributed by atoms with Crippen LogP contribution in [0.3, 0.4) is 0 Å². The normalized spacial score (nSPS) is 16.2. The second kappa shape index (κ2) is 8.41. The molecule has 4 rings (SSSR count). The Morgan fingerprint density at radius 1 is 1.07 bits per heavy atom. The van der Waals surface area contributed by atoms with Gasteiger partial charge in [-0.25, -0.2) is 4.79 Å². The Labute approximate surface area is 174 Å². The molecule has 1 aromatic heterocycles. The molecule has 7 nitrogen and oxygen atoms in total. The molecule has 1 aliphatic rings. The Morgan fingerprint density at radius 2 is 1.83 bits per heavy atom. The van der Waals surface area contributed by atoms with Gasteiger partial charge in [-0.2, -0.15) is 0 Å². The van der Waals surface area contributed by atoms with Gasteiger partial charge in [-0.15, -0.1) is 0 Å². The number of imide groups is 1. The van der Waals surface area contributed by atoms with E-state index in [1.165, 1.54) is 5.56 Å². The van der Waals surface area contributed by atoms with E-state index in [0.717, 1.165) is 26.9 Å². The monoisotopic (exact) mass is 404 g/mol. The van der Waals surface area contributed by atoms with Crippen molar-refractivity contribution >= 4 is 28.7 Å². The molecule has 4 amide bonds. The van der Waals surface area contributed by atoms with Gasteiger partial charge >= 0.3 is 6.03 Å². The molecule has 2 heterocycles. The largest absolute Gasteiger partial charge is 0.361 e. The number of nitrogens with one attached hydrogen (secondary N) is 3. The molecule has 2 aromatic carbocycles. The molecule has 0 spiro atoms. The van der Waals surface area contributed by atoms with Gasteiger partial charge in [0.1, 0.15) is 12.6 Å². The first kappa shape index (κ1) is 19.7. The van der Waals surface area contributed by atoms with Gasteiger partial charge in [0.15, 0.2) is 0 Å². The van der Waals surface area contributed by atoms with Crippen molar-refractivity contribution in [2.45, 2.75) is 25.8 Å². The van der Waals surface area contributed by atoms with E-state index in [9.17, 15) is 14.4 Å². The fourth-order valence-electron chi connectivity index (χ4n) is 3.81. The Morgan fingerprint density at radius 3 is 2.67 bits per heavy atom. The molecule has 154 valence electrons. The third kappa shape index (κ3) is 4.05. The van der Waals surface area contributed by atoms with Crippen LogP contribution in [0.25, 0.3) is 10.9 Å². The van der Waals surface area contributed by atoms with Crippen molar-refractivity contribution in [3.8, 4) is 0 Å². The first-order chi connectivity index (χ1) is 14.5. The number of urea groups is 1. The molecule has 3 N–H and O–H groups in total. The first-order valence-electron chi connectivity index (χ1n) is 10.0. The minimum atomic E-state index is -0.670. The molecular formula is C23H24N4O3. The van der Waals surface area contributed by atoms with Gasteiger partial charge in [-0.05, 0) is 36.1 Å². The lowest BCUT2D eigenvalue weighted by Crippen LogP contribution is -2.41. The predicted molar refractivity (Wildman–Crippen MR) is 114 cm³/mol. The maximum absolute atomic E-state index is 12.7. The second-order valence-electron chi connectivity index (χ2n) is 7.52. The summed E-state index contributed by atoms with van der Waals surface area (Å²) in [6.07, 6.45) is 2.92. The summed E-state index contributed by atoms with van der Waals surface area (Å²) in [6.45, 7) is 2.20. The van der Waals surface area contributed by atoms with E-state index < -0.39 is 12.1 Å². The number of aromatic amines is 1. The molecule has 0 bridgehead atoms. The van der Waals surface area contributed by atoms with Crippen molar-refractivity contribution in [1.29, 1.82) is 0 Å². The minimum Gasteiger partial charge on any atom is -0.361 e. The van der Waals surface area contributed by atoms with Crippen molar-refractivity contribution < 1.29 is 14.4 Å². The molecule has 1 saturated heterocycles. The number of para-hydroxylation sites is 1. The number of aromatic nitrogens is 1. The molecule has 1 fully saturated rings. The number of amides is 4. The lowest BCUT2D eigenvalue weighted by Gasteiger charge is -2.13. The van der Waals surface area contributed by atoms with E-state index in [4.69, 9.17) is 0 Å². The molecule has 0 saturated carbocycles. The molecule has 0 radical (unpaired) electrons. The van der Waals surface area contributed by atoms with Crippen molar-refractivity contribution in [1.82, 2.24) is 20.5 Å². The summed E-state index contributed by atoms with van der Waals surface area (Å²) in [5.74, 6) is -0.723. The lowest BCUT2D eigenvalue weighted by atomic mass is 10.1. The number of nitrogens with zero attached hydrogens (tertiary/aromatic N) is 1. The van der Waals surface area contributed by atoms with Crippen molar-refractivity contribution in [2.24, 2.45) is 0 Å². The molecule has 30 heavy (non-hydrogen) atoms. The van der Waals surface area contributed by atoms with Gasteiger partial charge in [0, 0.05) is 30.1 Å². The number of fused-ring (bicyclic) bond motifs is 1. The van der Waals surface area contributed by atoms with Gasteiger partial charge < -0.3 is 15.6 Å². The summed E-state index contributed by atoms with van der Waals surface area (Å²) in [5, 5.41) is 6.51. The third-order valence-corrected chi connectivity index (χ3v) is 5.49. The molecule has 1 atom stereocenters. The number of hydrogen-bond donors (Lipinski definition) is 3. The second-order valence-corrected chi connectivity index (χ2v) is 7.52. The number of rotatable bonds is 7. The minimum absolute atomic E-state index is 0.275. The highest BCUT2D eigenvalue weighted by atomic mass is 16.2. The van der Waals surface area contributed by atoms with Crippen LogP contribution in [0.4, 0.5) is 4.79 Å². The van der Waals surface area contributed by atoms with E-state index in [0.29, 0.717) is 19.4 Å². The molecule has 7 heteroatoms. The van der Waals surface area contributed by atoms with Crippen LogP contribution in [0.5, 0.6) is 0 Å². The van der Waals surface area contributed by atoms with Gasteiger partial charge in [0.2, 0.25) is 5.91 Å². The zero-order valence-corrected chi connectivity index (χ0v) is 16.8. The van der Waals surface area contributed by atoms with E-state index >= 15 is 0 Å². The van der Waals surface area contributed by atoms with Gasteiger partial charge in [-0.1, -0.05) is 42.5 Å². The quantitative estimate of drug-likeness (QED) is 0.528. The van der Waals surface area contributed by atoms with Gasteiger partial charge in [-0.3, -0.25) is 14.5 Å². The summed E-state index contributed by atoms with van der Waals surface area (Å²) < 4.78 is 0. The van der Waals surface area contributed by atoms with Crippen LogP contribution in [0.15, 0.2) is 54.7 Å². The van der Waals surface area contributed by atoms with Crippen LogP contribution in [0.1, 0.15) is 16.7 Å². The average molecular weight is 404 g/mol. The smallest absolute Gasteiger partial charge is 0.325 e. The molecule has 3 aromatic rings. The maximum Gasteiger partial charge on any atom is 0.325 e. The first-order valence-corrected chi connectivity index (χ1v) is 10.0. The Bertz CT molecular complexity index is 1100. The van der Waals surface area contributed by atoms with Crippen molar-refractivity contribution in [3.63, 3.8) is 0 Å². The van der Waals surface area contributed by atoms with Crippen LogP contribution in [0.2, 0.25) is 0 Å². The highest BCUT2D eigenvalue weighted by Crippen LogP contribution is 2.21. The highest BCUT2D eigenvalue weighted by Gasteiger charge is 2.39. The van der Waals surface area contributed by atoms with Crippen LogP contribution in [0, 0.1) is 6.92 Å². The van der Waals surface area contributed by atoms with E-state index in [1.807, 2.05) is 61.7 Å². The standard InChI is InChI=1S/C23H24N4O3/c1-15-6-2-3-7-16(15)10-11-24-21(28)14-27-22(29)20(26-23(27)30)12-17-13-25-19-9-5-4-8-18(17)19/h2-9,13,20,25H,10-12,14H2,1H3,(H,24,28)(H,26,30). The van der Waals surface area contributed by atoms with Crippen molar-refractivity contribution in [3.05, 3.63) is 71.4 Å².